The highest BCUT2D eigenvalue weighted by Crippen LogP contribution is 2.35. The molecule has 3 aromatic rings. The number of ether oxygens (including phenoxy) is 2. The molecule has 0 atom stereocenters. The van der Waals surface area contributed by atoms with Crippen LogP contribution in [0.1, 0.15) is 5.56 Å². The molecular weight excluding hydrogens is 362 g/mol. The van der Waals surface area contributed by atoms with Crippen molar-refractivity contribution in [3.8, 4) is 11.5 Å². The Labute approximate surface area is 173 Å². The minimum absolute atomic E-state index is 0.609. The van der Waals surface area contributed by atoms with Crippen LogP contribution in [-0.4, -0.2) is 39.3 Å². The second-order valence-electron chi connectivity index (χ2n) is 7.03. The van der Waals surface area contributed by atoms with E-state index in [1.54, 1.807) is 7.11 Å². The van der Waals surface area contributed by atoms with E-state index in [0.717, 1.165) is 35.1 Å². The summed E-state index contributed by atoms with van der Waals surface area (Å²) in [5, 5.41) is 6.98. The molecule has 0 aliphatic carbocycles. The average Bonchev–Trinajstić information content (AvgIpc) is 2.74. The summed E-state index contributed by atoms with van der Waals surface area (Å²) >= 11 is 0. The Morgan fingerprint density at radius 2 is 1.55 bits per heavy atom. The van der Waals surface area contributed by atoms with Crippen LogP contribution in [0.2, 0.25) is 0 Å². The first-order chi connectivity index (χ1) is 14.2. The summed E-state index contributed by atoms with van der Waals surface area (Å²) < 4.78 is 11.4. The van der Waals surface area contributed by atoms with Gasteiger partial charge in [0.05, 0.1) is 18.5 Å². The molecule has 5 nitrogen and oxygen atoms in total. The van der Waals surface area contributed by atoms with Crippen molar-refractivity contribution in [3.05, 3.63) is 78.4 Å². The number of likely N-dealkylation sites (N-methyl/N-ethyl adjacent to an activating group) is 1. The van der Waals surface area contributed by atoms with Crippen LogP contribution in [0.25, 0.3) is 0 Å². The van der Waals surface area contributed by atoms with E-state index in [9.17, 15) is 0 Å². The topological polar surface area (TPSA) is 45.8 Å². The van der Waals surface area contributed by atoms with Crippen LogP contribution in [-0.2, 0) is 6.54 Å². The Hall–Kier alpha value is -3.18. The first kappa shape index (κ1) is 20.6. The largest absolute Gasteiger partial charge is 0.497 e. The first-order valence-electron chi connectivity index (χ1n) is 9.75. The molecule has 0 spiro atoms. The van der Waals surface area contributed by atoms with Crippen molar-refractivity contribution in [1.82, 2.24) is 4.90 Å². The van der Waals surface area contributed by atoms with Crippen LogP contribution < -0.4 is 20.1 Å². The number of nitrogens with one attached hydrogen (secondary N) is 2. The number of methoxy groups -OCH3 is 1. The molecule has 0 radical (unpaired) electrons. The van der Waals surface area contributed by atoms with Gasteiger partial charge in [0.25, 0.3) is 0 Å². The van der Waals surface area contributed by atoms with Gasteiger partial charge in [-0.05, 0) is 56.1 Å². The molecule has 0 saturated heterocycles. The third kappa shape index (κ3) is 6.16. The van der Waals surface area contributed by atoms with Crippen LogP contribution in [0.3, 0.4) is 0 Å². The van der Waals surface area contributed by atoms with Gasteiger partial charge in [0.2, 0.25) is 0 Å². The first-order valence-corrected chi connectivity index (χ1v) is 9.75. The van der Waals surface area contributed by atoms with Crippen LogP contribution in [0, 0.1) is 0 Å². The highest BCUT2D eigenvalue weighted by atomic mass is 16.5. The normalized spacial score (nSPS) is 10.6. The molecule has 0 aliphatic rings. The van der Waals surface area contributed by atoms with Crippen molar-refractivity contribution in [2.45, 2.75) is 6.54 Å². The summed E-state index contributed by atoms with van der Waals surface area (Å²) in [5.41, 5.74) is 4.10. The fourth-order valence-electron chi connectivity index (χ4n) is 2.88. The number of rotatable bonds is 10. The SMILES string of the molecule is COc1ccc(CNc2cccc(Nc3ccccc3)c2OCCN(C)C)cc1. The lowest BCUT2D eigenvalue weighted by molar-refractivity contribution is 0.263. The van der Waals surface area contributed by atoms with Gasteiger partial charge in [-0.3, -0.25) is 0 Å². The Morgan fingerprint density at radius 3 is 2.24 bits per heavy atom. The lowest BCUT2D eigenvalue weighted by atomic mass is 10.2. The molecule has 3 rings (SSSR count). The third-order valence-corrected chi connectivity index (χ3v) is 4.49. The molecule has 0 bridgehead atoms. The molecular formula is C24H29N3O2. The number of para-hydroxylation sites is 2. The molecule has 152 valence electrons. The molecule has 0 fully saturated rings. The Kier molecular flexibility index (Phi) is 7.36. The van der Waals surface area contributed by atoms with Crippen LogP contribution in [0.15, 0.2) is 72.8 Å². The van der Waals surface area contributed by atoms with Gasteiger partial charge in [0, 0.05) is 18.8 Å². The summed E-state index contributed by atoms with van der Waals surface area (Å²) in [6, 6.07) is 24.3. The zero-order chi connectivity index (χ0) is 20.5. The molecule has 2 N–H and O–H groups in total. The lowest BCUT2D eigenvalue weighted by Crippen LogP contribution is -2.20. The number of hydrogen-bond acceptors (Lipinski definition) is 5. The molecule has 0 aliphatic heterocycles. The van der Waals surface area contributed by atoms with E-state index in [-0.39, 0.29) is 0 Å². The fourth-order valence-corrected chi connectivity index (χ4v) is 2.88. The minimum atomic E-state index is 0.609. The molecule has 0 heterocycles. The highest BCUT2D eigenvalue weighted by molar-refractivity contribution is 5.75. The van der Waals surface area contributed by atoms with Crippen LogP contribution >= 0.6 is 0 Å². The Balaban J connectivity index is 1.78. The van der Waals surface area contributed by atoms with Crippen molar-refractivity contribution >= 4 is 17.1 Å². The smallest absolute Gasteiger partial charge is 0.165 e. The summed E-state index contributed by atoms with van der Waals surface area (Å²) in [5.74, 6) is 1.68. The maximum absolute atomic E-state index is 6.19. The van der Waals surface area contributed by atoms with E-state index in [2.05, 4.69) is 27.7 Å². The molecule has 0 unspecified atom stereocenters. The van der Waals surface area contributed by atoms with Gasteiger partial charge in [0.1, 0.15) is 12.4 Å². The van der Waals surface area contributed by atoms with Crippen molar-refractivity contribution in [2.24, 2.45) is 0 Å². The summed E-state index contributed by atoms with van der Waals surface area (Å²) in [7, 11) is 5.76. The second-order valence-corrected chi connectivity index (χ2v) is 7.03. The minimum Gasteiger partial charge on any atom is -0.497 e. The van der Waals surface area contributed by atoms with Crippen LogP contribution in [0.5, 0.6) is 11.5 Å². The molecule has 5 heteroatoms. The van der Waals surface area contributed by atoms with Crippen molar-refractivity contribution in [3.63, 3.8) is 0 Å². The van der Waals surface area contributed by atoms with Gasteiger partial charge in [-0.25, -0.2) is 0 Å². The van der Waals surface area contributed by atoms with E-state index >= 15 is 0 Å². The average molecular weight is 392 g/mol. The van der Waals surface area contributed by atoms with E-state index in [0.29, 0.717) is 13.2 Å². The zero-order valence-corrected chi connectivity index (χ0v) is 17.3. The zero-order valence-electron chi connectivity index (χ0n) is 17.3. The predicted octanol–water partition coefficient (Wildman–Crippen LogP) is 4.99. The Morgan fingerprint density at radius 1 is 0.828 bits per heavy atom. The lowest BCUT2D eigenvalue weighted by Gasteiger charge is -2.19. The predicted molar refractivity (Wildman–Crippen MR) is 121 cm³/mol. The van der Waals surface area contributed by atoms with E-state index in [1.165, 1.54) is 5.56 Å². The van der Waals surface area contributed by atoms with Gasteiger partial charge in [-0.15, -0.1) is 0 Å². The van der Waals surface area contributed by atoms with Crippen molar-refractivity contribution < 1.29 is 9.47 Å². The van der Waals surface area contributed by atoms with Crippen LogP contribution in [0.4, 0.5) is 17.1 Å². The summed E-state index contributed by atoms with van der Waals surface area (Å²) in [6.07, 6.45) is 0. The van der Waals surface area contributed by atoms with Gasteiger partial charge in [-0.2, -0.15) is 0 Å². The standard InChI is InChI=1S/C24H29N3O2/c1-27(2)16-17-29-24-22(25-18-19-12-14-21(28-3)15-13-19)10-7-11-23(24)26-20-8-5-4-6-9-20/h4-15,25-26H,16-18H2,1-3H3. The van der Waals surface area contributed by atoms with Crippen molar-refractivity contribution in [1.29, 1.82) is 0 Å². The number of anilines is 3. The quantitative estimate of drug-likeness (QED) is 0.510. The molecule has 0 aromatic heterocycles. The Bertz CT molecular complexity index is 880. The van der Waals surface area contributed by atoms with E-state index in [4.69, 9.17) is 9.47 Å². The summed E-state index contributed by atoms with van der Waals surface area (Å²) in [4.78, 5) is 2.11. The molecule has 3 aromatic carbocycles. The van der Waals surface area contributed by atoms with Gasteiger partial charge >= 0.3 is 0 Å². The third-order valence-electron chi connectivity index (χ3n) is 4.49. The second kappa shape index (κ2) is 10.4. The van der Waals surface area contributed by atoms with Gasteiger partial charge in [-0.1, -0.05) is 36.4 Å². The molecule has 29 heavy (non-hydrogen) atoms. The fraction of sp³-hybridized carbons (Fsp3) is 0.250. The summed E-state index contributed by atoms with van der Waals surface area (Å²) in [6.45, 7) is 2.15. The maximum Gasteiger partial charge on any atom is 0.165 e. The molecule has 0 amide bonds. The van der Waals surface area contributed by atoms with Crippen molar-refractivity contribution in [2.75, 3.05) is 45.0 Å². The number of benzene rings is 3. The monoisotopic (exact) mass is 391 g/mol. The maximum atomic E-state index is 6.19. The highest BCUT2D eigenvalue weighted by Gasteiger charge is 2.11. The number of hydrogen-bond donors (Lipinski definition) is 2. The molecule has 0 saturated carbocycles. The van der Waals surface area contributed by atoms with E-state index < -0.39 is 0 Å². The van der Waals surface area contributed by atoms with Gasteiger partial charge in [0.15, 0.2) is 5.75 Å². The van der Waals surface area contributed by atoms with E-state index in [1.807, 2.05) is 74.8 Å². The number of nitrogens with zero attached hydrogens (tertiary/aromatic N) is 1. The van der Waals surface area contributed by atoms with Gasteiger partial charge < -0.3 is 25.0 Å².